The Morgan fingerprint density at radius 1 is 1.40 bits per heavy atom. The van der Waals surface area contributed by atoms with Gasteiger partial charge in [-0.15, -0.1) is 5.10 Å². The summed E-state index contributed by atoms with van der Waals surface area (Å²) in [5.41, 5.74) is 0.214. The molecule has 1 amide bonds. The van der Waals surface area contributed by atoms with Crippen molar-refractivity contribution in [1.82, 2.24) is 19.1 Å². The van der Waals surface area contributed by atoms with E-state index < -0.39 is 5.97 Å². The standard InChI is InChI=1S/C16H20N4O5/c1-25-12-8-11(9-15(22)23)19(10-12)14(21)5-7-20-16(24)18-6-3-2-4-13(18)17-20/h2-4,6,11-12H,5,7-10H2,1H3,(H,22,23). The van der Waals surface area contributed by atoms with E-state index in [4.69, 9.17) is 9.84 Å². The van der Waals surface area contributed by atoms with E-state index in [9.17, 15) is 14.4 Å². The number of nitrogens with zero attached hydrogens (tertiary/aromatic N) is 4. The monoisotopic (exact) mass is 348 g/mol. The number of hydrogen-bond donors (Lipinski definition) is 1. The summed E-state index contributed by atoms with van der Waals surface area (Å²) in [6.45, 7) is 0.515. The molecule has 3 rings (SSSR count). The summed E-state index contributed by atoms with van der Waals surface area (Å²) in [7, 11) is 1.55. The molecule has 2 unspecified atom stereocenters. The van der Waals surface area contributed by atoms with Crippen LogP contribution in [0.1, 0.15) is 19.3 Å². The summed E-state index contributed by atoms with van der Waals surface area (Å²) < 4.78 is 7.93. The van der Waals surface area contributed by atoms with Gasteiger partial charge in [-0.25, -0.2) is 9.48 Å². The van der Waals surface area contributed by atoms with Crippen molar-refractivity contribution in [2.24, 2.45) is 0 Å². The lowest BCUT2D eigenvalue weighted by Gasteiger charge is -2.23. The molecular weight excluding hydrogens is 328 g/mol. The van der Waals surface area contributed by atoms with Crippen LogP contribution in [-0.2, 0) is 20.9 Å². The average Bonchev–Trinajstić information content (AvgIpc) is 3.14. The number of aliphatic carboxylic acids is 1. The highest BCUT2D eigenvalue weighted by Crippen LogP contribution is 2.23. The molecule has 0 radical (unpaired) electrons. The maximum atomic E-state index is 12.5. The number of aromatic nitrogens is 3. The zero-order chi connectivity index (χ0) is 18.0. The molecule has 9 heteroatoms. The van der Waals surface area contributed by atoms with Gasteiger partial charge < -0.3 is 14.7 Å². The van der Waals surface area contributed by atoms with Crippen molar-refractivity contribution in [1.29, 1.82) is 0 Å². The predicted molar refractivity (Wildman–Crippen MR) is 87.2 cm³/mol. The van der Waals surface area contributed by atoms with Gasteiger partial charge >= 0.3 is 11.7 Å². The topological polar surface area (TPSA) is 106 Å². The lowest BCUT2D eigenvalue weighted by Crippen LogP contribution is -2.38. The Labute approximate surface area is 143 Å². The largest absolute Gasteiger partial charge is 0.481 e. The Morgan fingerprint density at radius 3 is 2.88 bits per heavy atom. The highest BCUT2D eigenvalue weighted by Gasteiger charge is 2.36. The van der Waals surface area contributed by atoms with Crippen LogP contribution < -0.4 is 5.69 Å². The van der Waals surface area contributed by atoms with Crippen molar-refractivity contribution < 1.29 is 19.4 Å². The highest BCUT2D eigenvalue weighted by molar-refractivity contribution is 5.78. The van der Waals surface area contributed by atoms with Gasteiger partial charge in [-0.1, -0.05) is 6.07 Å². The minimum Gasteiger partial charge on any atom is -0.481 e. The number of hydrogen-bond acceptors (Lipinski definition) is 5. The summed E-state index contributed by atoms with van der Waals surface area (Å²) in [6.07, 6.45) is 1.93. The average molecular weight is 348 g/mol. The Bertz CT molecular complexity index is 842. The van der Waals surface area contributed by atoms with Gasteiger partial charge in [-0.05, 0) is 18.6 Å². The maximum absolute atomic E-state index is 12.5. The molecule has 0 aromatic carbocycles. The van der Waals surface area contributed by atoms with E-state index in [1.165, 1.54) is 9.08 Å². The molecule has 9 nitrogen and oxygen atoms in total. The van der Waals surface area contributed by atoms with Gasteiger partial charge in [0.1, 0.15) is 0 Å². The number of pyridine rings is 1. The van der Waals surface area contributed by atoms with Crippen LogP contribution in [0.25, 0.3) is 5.65 Å². The van der Waals surface area contributed by atoms with Crippen LogP contribution in [0.4, 0.5) is 0 Å². The van der Waals surface area contributed by atoms with Crippen molar-refractivity contribution in [2.75, 3.05) is 13.7 Å². The zero-order valence-electron chi connectivity index (χ0n) is 13.9. The fourth-order valence-corrected chi connectivity index (χ4v) is 3.20. The lowest BCUT2D eigenvalue weighted by molar-refractivity contribution is -0.140. The Hall–Kier alpha value is -2.68. The number of likely N-dealkylation sites (tertiary alicyclic amines) is 1. The normalized spacial score (nSPS) is 20.3. The van der Waals surface area contributed by atoms with Crippen LogP contribution in [0.3, 0.4) is 0 Å². The third-order valence-corrected chi connectivity index (χ3v) is 4.47. The molecule has 25 heavy (non-hydrogen) atoms. The second-order valence-corrected chi connectivity index (χ2v) is 6.08. The maximum Gasteiger partial charge on any atom is 0.350 e. The van der Waals surface area contributed by atoms with E-state index in [0.717, 1.165) is 0 Å². The third kappa shape index (κ3) is 3.55. The van der Waals surface area contributed by atoms with Gasteiger partial charge in [0, 0.05) is 32.3 Å². The Kier molecular flexibility index (Phi) is 4.84. The fraction of sp³-hybridized carbons (Fsp3) is 0.500. The lowest BCUT2D eigenvalue weighted by atomic mass is 10.1. The molecular formula is C16H20N4O5. The summed E-state index contributed by atoms with van der Waals surface area (Å²) in [5, 5.41) is 13.2. The molecule has 1 aliphatic rings. The second kappa shape index (κ2) is 7.06. The van der Waals surface area contributed by atoms with Crippen molar-refractivity contribution >= 4 is 17.5 Å². The van der Waals surface area contributed by atoms with Gasteiger partial charge in [0.2, 0.25) is 5.91 Å². The van der Waals surface area contributed by atoms with E-state index >= 15 is 0 Å². The molecule has 0 aliphatic carbocycles. The summed E-state index contributed by atoms with van der Waals surface area (Å²) >= 11 is 0. The molecule has 0 bridgehead atoms. The first-order chi connectivity index (χ1) is 12.0. The molecule has 0 saturated carbocycles. The number of carboxylic acids is 1. The van der Waals surface area contributed by atoms with E-state index in [1.807, 2.05) is 0 Å². The van der Waals surface area contributed by atoms with E-state index in [1.54, 1.807) is 36.4 Å². The highest BCUT2D eigenvalue weighted by atomic mass is 16.5. The van der Waals surface area contributed by atoms with Crippen LogP contribution in [0.2, 0.25) is 0 Å². The van der Waals surface area contributed by atoms with Gasteiger partial charge in [-0.2, -0.15) is 0 Å². The van der Waals surface area contributed by atoms with Crippen LogP contribution in [0.5, 0.6) is 0 Å². The molecule has 2 aromatic rings. The minimum absolute atomic E-state index is 0.0797. The minimum atomic E-state index is -0.948. The van der Waals surface area contributed by atoms with Gasteiger partial charge in [-0.3, -0.25) is 14.0 Å². The predicted octanol–water partition coefficient (Wildman–Crippen LogP) is -0.0233. The number of carboxylic acid groups (broad SMARTS) is 1. The molecule has 1 fully saturated rings. The fourth-order valence-electron chi connectivity index (χ4n) is 3.20. The zero-order valence-corrected chi connectivity index (χ0v) is 13.9. The SMILES string of the molecule is COC1CC(CC(=O)O)N(C(=O)CCn2nc3ccccn3c2=O)C1. The molecule has 1 aliphatic heterocycles. The smallest absolute Gasteiger partial charge is 0.350 e. The number of carbonyl (C=O) groups is 2. The Balaban J connectivity index is 1.69. The number of methoxy groups -OCH3 is 1. The van der Waals surface area contributed by atoms with Crippen molar-refractivity contribution in [3.63, 3.8) is 0 Å². The molecule has 2 aromatic heterocycles. The second-order valence-electron chi connectivity index (χ2n) is 6.08. The molecule has 134 valence electrons. The summed E-state index contributed by atoms with van der Waals surface area (Å²) in [5.74, 6) is -1.15. The number of rotatable bonds is 6. The van der Waals surface area contributed by atoms with Crippen molar-refractivity contribution in [2.45, 2.75) is 38.0 Å². The molecule has 1 saturated heterocycles. The van der Waals surface area contributed by atoms with Gasteiger partial charge in [0.25, 0.3) is 0 Å². The third-order valence-electron chi connectivity index (χ3n) is 4.47. The van der Waals surface area contributed by atoms with Gasteiger partial charge in [0.05, 0.1) is 19.1 Å². The van der Waals surface area contributed by atoms with Crippen LogP contribution in [-0.4, -0.2) is 61.9 Å². The number of amides is 1. The van der Waals surface area contributed by atoms with Crippen molar-refractivity contribution in [3.8, 4) is 0 Å². The quantitative estimate of drug-likeness (QED) is 0.786. The molecule has 1 N–H and O–H groups in total. The first kappa shape index (κ1) is 17.2. The first-order valence-electron chi connectivity index (χ1n) is 8.08. The summed E-state index contributed by atoms with van der Waals surface area (Å²) in [6, 6.07) is 4.85. The van der Waals surface area contributed by atoms with Crippen LogP contribution in [0, 0.1) is 0 Å². The van der Waals surface area contributed by atoms with Crippen molar-refractivity contribution in [3.05, 3.63) is 34.9 Å². The van der Waals surface area contributed by atoms with E-state index in [-0.39, 0.29) is 43.1 Å². The molecule has 2 atom stereocenters. The van der Waals surface area contributed by atoms with E-state index in [0.29, 0.717) is 18.6 Å². The van der Waals surface area contributed by atoms with E-state index in [2.05, 4.69) is 5.10 Å². The summed E-state index contributed by atoms with van der Waals surface area (Å²) in [4.78, 5) is 37.3. The number of ether oxygens (including phenoxy) is 1. The molecule has 0 spiro atoms. The van der Waals surface area contributed by atoms with Crippen LogP contribution in [0.15, 0.2) is 29.2 Å². The van der Waals surface area contributed by atoms with Gasteiger partial charge in [0.15, 0.2) is 5.65 Å². The van der Waals surface area contributed by atoms with Crippen LogP contribution >= 0.6 is 0 Å². The number of fused-ring (bicyclic) bond motifs is 1. The number of carbonyl (C=O) groups excluding carboxylic acids is 1. The first-order valence-corrected chi connectivity index (χ1v) is 8.08. The molecule has 3 heterocycles. The number of aryl methyl sites for hydroxylation is 1. The Morgan fingerprint density at radius 2 is 2.20 bits per heavy atom.